The monoisotopic (exact) mass is 428 g/mol. The van der Waals surface area contributed by atoms with Gasteiger partial charge in [0.2, 0.25) is 5.91 Å². The topological polar surface area (TPSA) is 41.6 Å². The fourth-order valence-electron chi connectivity index (χ4n) is 3.26. The first kappa shape index (κ1) is 19.6. The molecule has 27 heavy (non-hydrogen) atoms. The number of carbonyl (C=O) groups is 1. The molecule has 1 heterocycles. The van der Waals surface area contributed by atoms with E-state index >= 15 is 0 Å². The molecule has 1 N–H and O–H groups in total. The van der Waals surface area contributed by atoms with E-state index in [-0.39, 0.29) is 11.8 Å². The van der Waals surface area contributed by atoms with Gasteiger partial charge in [-0.2, -0.15) is 0 Å². The summed E-state index contributed by atoms with van der Waals surface area (Å²) in [6.07, 6.45) is 3.47. The molecule has 4 nitrogen and oxygen atoms in total. The lowest BCUT2D eigenvalue weighted by molar-refractivity contribution is -0.121. The van der Waals surface area contributed by atoms with E-state index in [0.717, 1.165) is 48.4 Å². The zero-order valence-corrected chi connectivity index (χ0v) is 17.0. The van der Waals surface area contributed by atoms with Gasteiger partial charge in [0, 0.05) is 28.7 Å². The van der Waals surface area contributed by atoms with E-state index in [1.165, 1.54) is 5.56 Å². The van der Waals surface area contributed by atoms with Crippen molar-refractivity contribution in [3.8, 4) is 5.75 Å². The van der Waals surface area contributed by atoms with E-state index in [1.807, 2.05) is 24.3 Å². The summed E-state index contributed by atoms with van der Waals surface area (Å²) in [5, 5.41) is 3.03. The second kappa shape index (κ2) is 9.72. The van der Waals surface area contributed by atoms with Crippen molar-refractivity contribution in [2.45, 2.75) is 19.4 Å². The van der Waals surface area contributed by atoms with Crippen LogP contribution in [0.2, 0.25) is 0 Å². The number of ether oxygens (including phenoxy) is 1. The van der Waals surface area contributed by atoms with Gasteiger partial charge in [0.05, 0.1) is 0 Å². The largest absolute Gasteiger partial charge is 0.489 e. The van der Waals surface area contributed by atoms with Crippen LogP contribution < -0.4 is 10.1 Å². The predicted molar refractivity (Wildman–Crippen MR) is 113 cm³/mol. The van der Waals surface area contributed by atoms with Crippen LogP contribution in [-0.4, -0.2) is 30.5 Å². The molecule has 0 saturated carbocycles. The average Bonchev–Trinajstić information content (AvgIpc) is 2.69. The van der Waals surface area contributed by atoms with Crippen LogP contribution >= 0.6 is 15.9 Å². The highest BCUT2D eigenvalue weighted by atomic mass is 79.9. The van der Waals surface area contributed by atoms with E-state index in [4.69, 9.17) is 4.74 Å². The molecule has 1 saturated heterocycles. The van der Waals surface area contributed by atoms with Gasteiger partial charge in [0.1, 0.15) is 12.4 Å². The van der Waals surface area contributed by atoms with Crippen LogP contribution in [0.4, 0.5) is 5.69 Å². The van der Waals surface area contributed by atoms with Crippen LogP contribution in [0.1, 0.15) is 18.4 Å². The van der Waals surface area contributed by atoms with E-state index in [1.54, 1.807) is 6.08 Å². The lowest BCUT2D eigenvalue weighted by Crippen LogP contribution is -2.37. The zero-order valence-electron chi connectivity index (χ0n) is 15.4. The minimum atomic E-state index is 0.0592. The van der Waals surface area contributed by atoms with Crippen molar-refractivity contribution < 1.29 is 9.53 Å². The quantitative estimate of drug-likeness (QED) is 0.639. The highest BCUT2D eigenvalue weighted by molar-refractivity contribution is 9.10. The summed E-state index contributed by atoms with van der Waals surface area (Å²) in [4.78, 5) is 15.0. The molecular weight excluding hydrogens is 404 g/mol. The van der Waals surface area contributed by atoms with Crippen LogP contribution in [0.15, 0.2) is 65.7 Å². The molecule has 2 aromatic rings. The molecule has 3 rings (SSSR count). The minimum absolute atomic E-state index is 0.0592. The first-order valence-electron chi connectivity index (χ1n) is 9.25. The third-order valence-electron chi connectivity index (χ3n) is 4.75. The Morgan fingerprint density at radius 1 is 1.22 bits per heavy atom. The Balaban J connectivity index is 1.48. The van der Waals surface area contributed by atoms with Gasteiger partial charge < -0.3 is 10.1 Å². The number of hydrogen-bond acceptors (Lipinski definition) is 3. The van der Waals surface area contributed by atoms with Gasteiger partial charge in [-0.15, -0.1) is 0 Å². The molecule has 0 radical (unpaired) electrons. The highest BCUT2D eigenvalue weighted by Gasteiger charge is 2.25. The van der Waals surface area contributed by atoms with Crippen molar-refractivity contribution in [1.29, 1.82) is 0 Å². The van der Waals surface area contributed by atoms with Crippen LogP contribution in [0.25, 0.3) is 0 Å². The molecule has 1 aliphatic rings. The number of nitrogens with zero attached hydrogens (tertiary/aromatic N) is 1. The summed E-state index contributed by atoms with van der Waals surface area (Å²) in [5.74, 6) is 0.889. The summed E-state index contributed by atoms with van der Waals surface area (Å²) in [7, 11) is 0. The number of rotatable bonds is 7. The van der Waals surface area contributed by atoms with Gasteiger partial charge >= 0.3 is 0 Å². The summed E-state index contributed by atoms with van der Waals surface area (Å²) in [6, 6.07) is 15.9. The number of benzene rings is 2. The second-order valence-electron chi connectivity index (χ2n) is 6.79. The molecule has 0 atom stereocenters. The Morgan fingerprint density at radius 2 is 1.96 bits per heavy atom. The summed E-state index contributed by atoms with van der Waals surface area (Å²) in [5.41, 5.74) is 2.08. The number of carbonyl (C=O) groups excluding carboxylic acids is 1. The highest BCUT2D eigenvalue weighted by Crippen LogP contribution is 2.23. The number of nitrogens with one attached hydrogen (secondary N) is 1. The Bertz CT molecular complexity index is 768. The number of piperidine rings is 1. The summed E-state index contributed by atoms with van der Waals surface area (Å²) < 4.78 is 6.62. The third kappa shape index (κ3) is 5.94. The van der Waals surface area contributed by atoms with Gasteiger partial charge in [-0.25, -0.2) is 0 Å². The molecule has 0 unspecified atom stereocenters. The molecule has 0 aromatic heterocycles. The SMILES string of the molecule is C=CCOc1cccc(NC(=O)C2CCN(Cc3ccc(Br)cc3)CC2)c1. The molecule has 0 spiro atoms. The third-order valence-corrected chi connectivity index (χ3v) is 5.28. The van der Waals surface area contributed by atoms with Crippen molar-refractivity contribution >= 4 is 27.5 Å². The molecule has 1 amide bonds. The molecule has 0 aliphatic carbocycles. The van der Waals surface area contributed by atoms with Crippen molar-refractivity contribution in [3.63, 3.8) is 0 Å². The van der Waals surface area contributed by atoms with Gasteiger partial charge in [-0.05, 0) is 55.8 Å². The van der Waals surface area contributed by atoms with Gasteiger partial charge in [0.15, 0.2) is 0 Å². The van der Waals surface area contributed by atoms with E-state index < -0.39 is 0 Å². The first-order valence-corrected chi connectivity index (χ1v) is 10.0. The molecule has 1 fully saturated rings. The first-order chi connectivity index (χ1) is 13.1. The van der Waals surface area contributed by atoms with E-state index in [9.17, 15) is 4.79 Å². The van der Waals surface area contributed by atoms with Gasteiger partial charge in [-0.3, -0.25) is 9.69 Å². The molecule has 0 bridgehead atoms. The summed E-state index contributed by atoms with van der Waals surface area (Å²) >= 11 is 3.47. The Kier molecular flexibility index (Phi) is 7.07. The molecule has 5 heteroatoms. The number of hydrogen-bond donors (Lipinski definition) is 1. The van der Waals surface area contributed by atoms with Gasteiger partial charge in [-0.1, -0.05) is 46.8 Å². The van der Waals surface area contributed by atoms with Crippen LogP contribution in [-0.2, 0) is 11.3 Å². The minimum Gasteiger partial charge on any atom is -0.489 e. The average molecular weight is 429 g/mol. The molecule has 2 aromatic carbocycles. The standard InChI is InChI=1S/C22H25BrN2O2/c1-2-14-27-21-5-3-4-20(15-21)24-22(26)18-10-12-25(13-11-18)16-17-6-8-19(23)9-7-17/h2-9,15,18H,1,10-14,16H2,(H,24,26). The smallest absolute Gasteiger partial charge is 0.227 e. The zero-order chi connectivity index (χ0) is 19.1. The fraction of sp³-hybridized carbons (Fsp3) is 0.318. The molecular formula is C22H25BrN2O2. The maximum atomic E-state index is 12.6. The van der Waals surface area contributed by atoms with Crippen molar-refractivity contribution in [2.24, 2.45) is 5.92 Å². The Hall–Kier alpha value is -2.11. The maximum Gasteiger partial charge on any atom is 0.227 e. The number of likely N-dealkylation sites (tertiary alicyclic amines) is 1. The number of halogens is 1. The van der Waals surface area contributed by atoms with Crippen LogP contribution in [0, 0.1) is 5.92 Å². The van der Waals surface area contributed by atoms with Crippen LogP contribution in [0.3, 0.4) is 0 Å². The van der Waals surface area contributed by atoms with E-state index in [2.05, 4.69) is 57.0 Å². The predicted octanol–water partition coefficient (Wildman–Crippen LogP) is 4.86. The lowest BCUT2D eigenvalue weighted by Gasteiger charge is -2.31. The Morgan fingerprint density at radius 3 is 2.67 bits per heavy atom. The maximum absolute atomic E-state index is 12.6. The van der Waals surface area contributed by atoms with E-state index in [0.29, 0.717) is 6.61 Å². The second-order valence-corrected chi connectivity index (χ2v) is 7.71. The fourth-order valence-corrected chi connectivity index (χ4v) is 3.53. The summed E-state index contributed by atoms with van der Waals surface area (Å²) in [6.45, 7) is 6.91. The Labute approximate surface area is 169 Å². The van der Waals surface area contributed by atoms with Crippen molar-refractivity contribution in [2.75, 3.05) is 25.0 Å². The van der Waals surface area contributed by atoms with Crippen molar-refractivity contribution in [1.82, 2.24) is 4.90 Å². The van der Waals surface area contributed by atoms with Crippen molar-refractivity contribution in [3.05, 3.63) is 71.2 Å². The molecule has 142 valence electrons. The van der Waals surface area contributed by atoms with Gasteiger partial charge in [0.25, 0.3) is 0 Å². The number of anilines is 1. The van der Waals surface area contributed by atoms with Crippen LogP contribution in [0.5, 0.6) is 5.75 Å². The number of amides is 1. The normalized spacial score (nSPS) is 15.3. The molecule has 1 aliphatic heterocycles. The lowest BCUT2D eigenvalue weighted by atomic mass is 9.95.